The lowest BCUT2D eigenvalue weighted by Crippen LogP contribution is -2.35. The zero-order chi connectivity index (χ0) is 10.2. The Morgan fingerprint density at radius 3 is 2.71 bits per heavy atom. The fourth-order valence-electron chi connectivity index (χ4n) is 1.91. The summed E-state index contributed by atoms with van der Waals surface area (Å²) < 4.78 is 0. The van der Waals surface area contributed by atoms with Gasteiger partial charge in [-0.25, -0.2) is 0 Å². The second-order valence-electron chi connectivity index (χ2n) is 4.30. The molecule has 0 unspecified atom stereocenters. The Labute approximate surface area is 92.8 Å². The average Bonchev–Trinajstić information content (AvgIpc) is 2.21. The van der Waals surface area contributed by atoms with Crippen molar-refractivity contribution in [1.29, 1.82) is 0 Å². The molecule has 0 atom stereocenters. The molecule has 0 aromatic carbocycles. The predicted octanol–water partition coefficient (Wildman–Crippen LogP) is 1.67. The molecule has 0 saturated carbocycles. The molecule has 1 rings (SSSR count). The Kier molecular flexibility index (Phi) is 6.65. The van der Waals surface area contributed by atoms with E-state index in [1.54, 1.807) is 0 Å². The molecule has 14 heavy (non-hydrogen) atoms. The second kappa shape index (κ2) is 7.55. The number of hydrogen-bond donors (Lipinski definition) is 1. The number of hydrogen-bond acceptors (Lipinski definition) is 3. The van der Waals surface area contributed by atoms with Gasteiger partial charge in [0.2, 0.25) is 0 Å². The summed E-state index contributed by atoms with van der Waals surface area (Å²) in [6.07, 6.45) is 6.25. The van der Waals surface area contributed by atoms with Crippen LogP contribution in [0.5, 0.6) is 0 Å². The molecule has 1 aliphatic rings. The van der Waals surface area contributed by atoms with Gasteiger partial charge in [-0.15, -0.1) is 0 Å². The van der Waals surface area contributed by atoms with Crippen LogP contribution in [0.4, 0.5) is 0 Å². The first-order valence-electron chi connectivity index (χ1n) is 5.71. The van der Waals surface area contributed by atoms with Gasteiger partial charge in [-0.1, -0.05) is 0 Å². The molecule has 0 bridgehead atoms. The maximum Gasteiger partial charge on any atom is -0.00187 e. The maximum atomic E-state index is 3.57. The van der Waals surface area contributed by atoms with Gasteiger partial charge in [0, 0.05) is 0 Å². The number of rotatable bonds is 6. The summed E-state index contributed by atoms with van der Waals surface area (Å²) in [4.78, 5) is 2.43. The zero-order valence-electron chi connectivity index (χ0n) is 9.59. The van der Waals surface area contributed by atoms with Gasteiger partial charge >= 0.3 is 0 Å². The first kappa shape index (κ1) is 12.3. The summed E-state index contributed by atoms with van der Waals surface area (Å²) in [5, 5.41) is 3.57. The van der Waals surface area contributed by atoms with E-state index < -0.39 is 0 Å². The number of nitrogens with zero attached hydrogens (tertiary/aromatic N) is 1. The highest BCUT2D eigenvalue weighted by Crippen LogP contribution is 2.14. The molecular weight excluding hydrogens is 192 g/mol. The van der Waals surface area contributed by atoms with Crippen LogP contribution in [0.1, 0.15) is 19.3 Å². The lowest BCUT2D eigenvalue weighted by Gasteiger charge is -2.29. The van der Waals surface area contributed by atoms with E-state index in [2.05, 4.69) is 23.5 Å². The maximum absolute atomic E-state index is 3.57. The van der Waals surface area contributed by atoms with Crippen molar-refractivity contribution in [3.63, 3.8) is 0 Å². The third-order valence-electron chi connectivity index (χ3n) is 2.97. The quantitative estimate of drug-likeness (QED) is 0.680. The van der Waals surface area contributed by atoms with Gasteiger partial charge in [0.25, 0.3) is 0 Å². The van der Waals surface area contributed by atoms with Gasteiger partial charge in [0.1, 0.15) is 0 Å². The van der Waals surface area contributed by atoms with Gasteiger partial charge < -0.3 is 10.2 Å². The van der Waals surface area contributed by atoms with Crippen molar-refractivity contribution in [1.82, 2.24) is 10.2 Å². The van der Waals surface area contributed by atoms with Crippen LogP contribution in [-0.2, 0) is 0 Å². The summed E-state index contributed by atoms with van der Waals surface area (Å²) in [6.45, 7) is 5.02. The Bertz CT molecular complexity index is 133. The van der Waals surface area contributed by atoms with E-state index in [4.69, 9.17) is 0 Å². The van der Waals surface area contributed by atoms with Crippen molar-refractivity contribution >= 4 is 11.8 Å². The van der Waals surface area contributed by atoms with Crippen LogP contribution in [0.15, 0.2) is 0 Å². The number of piperidine rings is 1. The molecule has 0 radical (unpaired) electrons. The zero-order valence-corrected chi connectivity index (χ0v) is 10.4. The topological polar surface area (TPSA) is 15.3 Å². The van der Waals surface area contributed by atoms with E-state index in [9.17, 15) is 0 Å². The SMILES string of the molecule is CSCCCNCC1CCN(C)CC1. The van der Waals surface area contributed by atoms with Crippen LogP contribution in [0.2, 0.25) is 0 Å². The van der Waals surface area contributed by atoms with E-state index in [1.807, 2.05) is 11.8 Å². The summed E-state index contributed by atoms with van der Waals surface area (Å²) in [5.74, 6) is 2.22. The molecule has 3 heteroatoms. The number of likely N-dealkylation sites (tertiary alicyclic amines) is 1. The Morgan fingerprint density at radius 2 is 2.07 bits per heavy atom. The molecular formula is C11H24N2S. The van der Waals surface area contributed by atoms with Crippen LogP contribution < -0.4 is 5.32 Å². The fourth-order valence-corrected chi connectivity index (χ4v) is 2.35. The van der Waals surface area contributed by atoms with E-state index in [0.717, 1.165) is 5.92 Å². The minimum Gasteiger partial charge on any atom is -0.316 e. The van der Waals surface area contributed by atoms with Gasteiger partial charge in [0.15, 0.2) is 0 Å². The van der Waals surface area contributed by atoms with Gasteiger partial charge in [-0.05, 0) is 70.4 Å². The molecule has 1 saturated heterocycles. The molecule has 84 valence electrons. The number of thioether (sulfide) groups is 1. The highest BCUT2D eigenvalue weighted by molar-refractivity contribution is 7.98. The Morgan fingerprint density at radius 1 is 1.36 bits per heavy atom. The molecule has 1 N–H and O–H groups in total. The minimum atomic E-state index is 0.931. The lowest BCUT2D eigenvalue weighted by molar-refractivity contribution is 0.216. The van der Waals surface area contributed by atoms with E-state index >= 15 is 0 Å². The van der Waals surface area contributed by atoms with Gasteiger partial charge in [0.05, 0.1) is 0 Å². The summed E-state index contributed by atoms with van der Waals surface area (Å²) in [5.41, 5.74) is 0. The Hall–Kier alpha value is 0.270. The monoisotopic (exact) mass is 216 g/mol. The third kappa shape index (κ3) is 5.23. The lowest BCUT2D eigenvalue weighted by atomic mass is 9.97. The first-order valence-corrected chi connectivity index (χ1v) is 7.10. The standard InChI is InChI=1S/C11H24N2S/c1-13-7-4-11(5-8-13)10-12-6-3-9-14-2/h11-12H,3-10H2,1-2H3. The van der Waals surface area contributed by atoms with Gasteiger partial charge in [-0.2, -0.15) is 11.8 Å². The van der Waals surface area contributed by atoms with Crippen LogP contribution in [0.25, 0.3) is 0 Å². The molecule has 0 aromatic heterocycles. The normalized spacial score (nSPS) is 20.1. The molecule has 2 nitrogen and oxygen atoms in total. The van der Waals surface area contributed by atoms with Crippen molar-refractivity contribution in [3.05, 3.63) is 0 Å². The smallest absolute Gasteiger partial charge is 0.00187 e. The Balaban J connectivity index is 1.91. The summed E-state index contributed by atoms with van der Waals surface area (Å²) in [6, 6.07) is 0. The van der Waals surface area contributed by atoms with Crippen molar-refractivity contribution < 1.29 is 0 Å². The fraction of sp³-hybridized carbons (Fsp3) is 1.00. The van der Waals surface area contributed by atoms with E-state index in [0.29, 0.717) is 0 Å². The summed E-state index contributed by atoms with van der Waals surface area (Å²) in [7, 11) is 2.22. The predicted molar refractivity (Wildman–Crippen MR) is 66.1 cm³/mol. The van der Waals surface area contributed by atoms with Crippen molar-refractivity contribution in [2.24, 2.45) is 5.92 Å². The highest BCUT2D eigenvalue weighted by atomic mass is 32.2. The van der Waals surface area contributed by atoms with Crippen LogP contribution >= 0.6 is 11.8 Å². The second-order valence-corrected chi connectivity index (χ2v) is 5.28. The van der Waals surface area contributed by atoms with Crippen molar-refractivity contribution in [3.8, 4) is 0 Å². The van der Waals surface area contributed by atoms with Crippen molar-refractivity contribution in [2.45, 2.75) is 19.3 Å². The van der Waals surface area contributed by atoms with Gasteiger partial charge in [-0.3, -0.25) is 0 Å². The molecule has 1 heterocycles. The van der Waals surface area contributed by atoms with Crippen LogP contribution in [-0.4, -0.2) is 50.1 Å². The largest absolute Gasteiger partial charge is 0.316 e. The first-order chi connectivity index (χ1) is 6.83. The molecule has 0 aromatic rings. The van der Waals surface area contributed by atoms with Crippen molar-refractivity contribution in [2.75, 3.05) is 45.2 Å². The highest BCUT2D eigenvalue weighted by Gasteiger charge is 2.15. The average molecular weight is 216 g/mol. The van der Waals surface area contributed by atoms with E-state index in [-0.39, 0.29) is 0 Å². The number of nitrogens with one attached hydrogen (secondary N) is 1. The molecule has 0 aliphatic carbocycles. The van der Waals surface area contributed by atoms with Crippen LogP contribution in [0.3, 0.4) is 0 Å². The molecule has 1 fully saturated rings. The minimum absolute atomic E-state index is 0.931. The summed E-state index contributed by atoms with van der Waals surface area (Å²) >= 11 is 1.94. The molecule has 0 spiro atoms. The molecule has 0 amide bonds. The van der Waals surface area contributed by atoms with Crippen LogP contribution in [0, 0.1) is 5.92 Å². The van der Waals surface area contributed by atoms with E-state index in [1.165, 1.54) is 51.2 Å². The molecule has 1 aliphatic heterocycles. The third-order valence-corrected chi connectivity index (χ3v) is 3.67.